The van der Waals surface area contributed by atoms with E-state index < -0.39 is 11.7 Å². The highest BCUT2D eigenvalue weighted by Gasteiger charge is 2.13. The molecule has 2 aromatic rings. The number of methoxy groups -OCH3 is 1. The first-order valence-electron chi connectivity index (χ1n) is 5.60. The zero-order valence-corrected chi connectivity index (χ0v) is 10.00. The van der Waals surface area contributed by atoms with Gasteiger partial charge in [-0.2, -0.15) is 0 Å². The van der Waals surface area contributed by atoms with Crippen LogP contribution in [0, 0.1) is 0 Å². The molecule has 2 rings (SSSR count). The van der Waals surface area contributed by atoms with Crippen LogP contribution in [0.5, 0.6) is 5.75 Å². The van der Waals surface area contributed by atoms with Crippen molar-refractivity contribution < 1.29 is 14.3 Å². The Bertz CT molecular complexity index is 560. The first-order chi connectivity index (χ1) is 8.69. The zero-order valence-electron chi connectivity index (χ0n) is 10.00. The molecule has 0 aliphatic heterocycles. The van der Waals surface area contributed by atoms with E-state index in [4.69, 9.17) is 9.15 Å². The molecule has 0 aliphatic carbocycles. The smallest absolute Gasteiger partial charge is 0.339 e. The molecule has 0 amide bonds. The third kappa shape index (κ3) is 2.99. The second-order valence-corrected chi connectivity index (χ2v) is 3.92. The van der Waals surface area contributed by atoms with Gasteiger partial charge in [-0.1, -0.05) is 30.3 Å². The van der Waals surface area contributed by atoms with Crippen LogP contribution in [0.2, 0.25) is 0 Å². The Morgan fingerprint density at radius 1 is 1.28 bits per heavy atom. The Morgan fingerprint density at radius 2 is 2.00 bits per heavy atom. The van der Waals surface area contributed by atoms with Gasteiger partial charge < -0.3 is 14.3 Å². The van der Waals surface area contributed by atoms with E-state index in [1.54, 1.807) is 0 Å². The number of ether oxygens (including phenoxy) is 1. The molecule has 0 unspecified atom stereocenters. The van der Waals surface area contributed by atoms with Crippen molar-refractivity contribution in [2.45, 2.75) is 12.5 Å². The lowest BCUT2D eigenvalue weighted by atomic mass is 10.1. The highest BCUT2D eigenvalue weighted by atomic mass is 16.5. The summed E-state index contributed by atoms with van der Waals surface area (Å²) in [6.45, 7) is 0. The molecule has 1 aromatic heterocycles. The van der Waals surface area contributed by atoms with E-state index in [1.807, 2.05) is 30.3 Å². The number of aliphatic hydroxyl groups excluding tert-OH is 1. The maximum absolute atomic E-state index is 11.3. The number of hydrogen-bond donors (Lipinski definition) is 1. The lowest BCUT2D eigenvalue weighted by molar-refractivity contribution is 0.144. The van der Waals surface area contributed by atoms with Crippen LogP contribution in [0.4, 0.5) is 0 Å². The van der Waals surface area contributed by atoms with E-state index in [0.717, 1.165) is 5.56 Å². The summed E-state index contributed by atoms with van der Waals surface area (Å²) in [4.78, 5) is 11.3. The van der Waals surface area contributed by atoms with Crippen molar-refractivity contribution in [1.29, 1.82) is 0 Å². The molecule has 4 nitrogen and oxygen atoms in total. The lowest BCUT2D eigenvalue weighted by Crippen LogP contribution is -2.07. The lowest BCUT2D eigenvalue weighted by Gasteiger charge is -2.10. The molecule has 1 N–H and O–H groups in total. The standard InChI is InChI=1S/C14H14O4/c1-17-11-8-13(18-14(16)9-11)12(15)7-10-5-3-2-4-6-10/h2-6,8-9,12,15H,7H2,1H3/t12-/m1/s1. The van der Waals surface area contributed by atoms with Gasteiger partial charge in [0.25, 0.3) is 0 Å². The molecule has 0 fully saturated rings. The molecule has 1 atom stereocenters. The Balaban J connectivity index is 2.21. The quantitative estimate of drug-likeness (QED) is 0.895. The summed E-state index contributed by atoms with van der Waals surface area (Å²) in [6.07, 6.45) is -0.480. The second kappa shape index (κ2) is 5.51. The minimum atomic E-state index is -0.866. The normalized spacial score (nSPS) is 12.1. The predicted molar refractivity (Wildman–Crippen MR) is 66.6 cm³/mol. The molecule has 0 radical (unpaired) electrons. The monoisotopic (exact) mass is 246 g/mol. The van der Waals surface area contributed by atoms with E-state index >= 15 is 0 Å². The van der Waals surface area contributed by atoms with Crippen molar-refractivity contribution in [2.75, 3.05) is 7.11 Å². The highest BCUT2D eigenvalue weighted by Crippen LogP contribution is 2.20. The fourth-order valence-corrected chi connectivity index (χ4v) is 1.69. The van der Waals surface area contributed by atoms with Crippen molar-refractivity contribution in [2.24, 2.45) is 0 Å². The first kappa shape index (κ1) is 12.4. The number of aliphatic hydroxyl groups is 1. The van der Waals surface area contributed by atoms with Crippen molar-refractivity contribution in [3.05, 3.63) is 64.2 Å². The fraction of sp³-hybridized carbons (Fsp3) is 0.214. The third-order valence-corrected chi connectivity index (χ3v) is 2.60. The molecule has 18 heavy (non-hydrogen) atoms. The molecule has 0 bridgehead atoms. The van der Waals surface area contributed by atoms with E-state index in [2.05, 4.69) is 0 Å². The number of hydrogen-bond acceptors (Lipinski definition) is 4. The van der Waals surface area contributed by atoms with Gasteiger partial charge in [0.2, 0.25) is 0 Å². The summed E-state index contributed by atoms with van der Waals surface area (Å²) in [7, 11) is 1.46. The average Bonchev–Trinajstić information content (AvgIpc) is 2.39. The zero-order chi connectivity index (χ0) is 13.0. The van der Waals surface area contributed by atoms with E-state index in [0.29, 0.717) is 12.2 Å². The minimum absolute atomic E-state index is 0.211. The van der Waals surface area contributed by atoms with Crippen molar-refractivity contribution in [3.63, 3.8) is 0 Å². The predicted octanol–water partition coefficient (Wildman–Crippen LogP) is 1.92. The van der Waals surface area contributed by atoms with Gasteiger partial charge in [-0.05, 0) is 5.56 Å². The number of rotatable bonds is 4. The van der Waals surface area contributed by atoms with Crippen LogP contribution in [-0.2, 0) is 6.42 Å². The van der Waals surface area contributed by atoms with Crippen molar-refractivity contribution in [1.82, 2.24) is 0 Å². The van der Waals surface area contributed by atoms with Crippen molar-refractivity contribution >= 4 is 0 Å². The topological polar surface area (TPSA) is 59.7 Å². The van der Waals surface area contributed by atoms with Crippen LogP contribution in [0.3, 0.4) is 0 Å². The molecule has 0 saturated carbocycles. The Kier molecular flexibility index (Phi) is 3.79. The number of benzene rings is 1. The maximum atomic E-state index is 11.3. The molecular formula is C14H14O4. The average molecular weight is 246 g/mol. The van der Waals surface area contributed by atoms with E-state index in [-0.39, 0.29) is 5.76 Å². The molecule has 1 heterocycles. The van der Waals surface area contributed by atoms with Gasteiger partial charge in [0, 0.05) is 12.5 Å². The van der Waals surface area contributed by atoms with Gasteiger partial charge in [0.1, 0.15) is 17.6 Å². The van der Waals surface area contributed by atoms with Gasteiger partial charge in [-0.3, -0.25) is 0 Å². The van der Waals surface area contributed by atoms with E-state index in [9.17, 15) is 9.90 Å². The summed E-state index contributed by atoms with van der Waals surface area (Å²) in [6, 6.07) is 12.3. The molecule has 1 aromatic carbocycles. The fourth-order valence-electron chi connectivity index (χ4n) is 1.69. The molecule has 94 valence electrons. The maximum Gasteiger partial charge on any atom is 0.339 e. The van der Waals surface area contributed by atoms with Gasteiger partial charge in [0.05, 0.1) is 13.2 Å². The van der Waals surface area contributed by atoms with Gasteiger partial charge >= 0.3 is 5.63 Å². The SMILES string of the molecule is COc1cc([C@H](O)Cc2ccccc2)oc(=O)c1. The van der Waals surface area contributed by atoms with Crippen LogP contribution >= 0.6 is 0 Å². The van der Waals surface area contributed by atoms with Crippen LogP contribution in [-0.4, -0.2) is 12.2 Å². The Labute approximate surface area is 104 Å². The molecular weight excluding hydrogens is 232 g/mol. The van der Waals surface area contributed by atoms with Gasteiger partial charge in [-0.25, -0.2) is 4.79 Å². The van der Waals surface area contributed by atoms with Crippen LogP contribution in [0.1, 0.15) is 17.4 Å². The minimum Gasteiger partial charge on any atom is -0.496 e. The summed E-state index contributed by atoms with van der Waals surface area (Å²) < 4.78 is 9.93. The largest absolute Gasteiger partial charge is 0.496 e. The molecule has 0 spiro atoms. The summed E-state index contributed by atoms with van der Waals surface area (Å²) in [5.74, 6) is 0.594. The van der Waals surface area contributed by atoms with Gasteiger partial charge in [-0.15, -0.1) is 0 Å². The van der Waals surface area contributed by atoms with E-state index in [1.165, 1.54) is 19.2 Å². The first-order valence-corrected chi connectivity index (χ1v) is 5.60. The molecule has 0 aliphatic rings. The summed E-state index contributed by atoms with van der Waals surface area (Å²) in [5.41, 5.74) is 0.437. The van der Waals surface area contributed by atoms with Crippen LogP contribution in [0.15, 0.2) is 51.7 Å². The van der Waals surface area contributed by atoms with Crippen LogP contribution < -0.4 is 10.4 Å². The molecule has 0 saturated heterocycles. The second-order valence-electron chi connectivity index (χ2n) is 3.92. The van der Waals surface area contributed by atoms with Crippen molar-refractivity contribution in [3.8, 4) is 5.75 Å². The Morgan fingerprint density at radius 3 is 2.67 bits per heavy atom. The summed E-state index contributed by atoms with van der Waals surface area (Å²) >= 11 is 0. The summed E-state index contributed by atoms with van der Waals surface area (Å²) in [5, 5.41) is 10.0. The van der Waals surface area contributed by atoms with Crippen LogP contribution in [0.25, 0.3) is 0 Å². The highest BCUT2D eigenvalue weighted by molar-refractivity contribution is 5.23. The molecule has 4 heteroatoms. The third-order valence-electron chi connectivity index (χ3n) is 2.60. The van der Waals surface area contributed by atoms with Gasteiger partial charge in [0.15, 0.2) is 0 Å². The Hall–Kier alpha value is -2.07.